The summed E-state index contributed by atoms with van der Waals surface area (Å²) in [7, 11) is 1.50. The van der Waals surface area contributed by atoms with Gasteiger partial charge in [-0.05, 0) is 18.2 Å². The molecule has 0 atom stereocenters. The predicted octanol–water partition coefficient (Wildman–Crippen LogP) is 1.08. The van der Waals surface area contributed by atoms with Crippen molar-refractivity contribution in [2.45, 2.75) is 6.54 Å². The Balaban J connectivity index is 1.91. The highest BCUT2D eigenvalue weighted by molar-refractivity contribution is 6.31. The van der Waals surface area contributed by atoms with Gasteiger partial charge in [-0.3, -0.25) is 14.3 Å². The van der Waals surface area contributed by atoms with Crippen LogP contribution in [0.4, 0.5) is 11.5 Å². The molecule has 0 unspecified atom stereocenters. The molecule has 4 N–H and O–H groups in total. The van der Waals surface area contributed by atoms with Crippen molar-refractivity contribution in [3.05, 3.63) is 35.5 Å². The van der Waals surface area contributed by atoms with Crippen LogP contribution < -0.4 is 21.1 Å². The van der Waals surface area contributed by atoms with Crippen LogP contribution in [0.5, 0.6) is 5.75 Å². The Kier molecular flexibility index (Phi) is 5.42. The van der Waals surface area contributed by atoms with Crippen LogP contribution in [0.2, 0.25) is 5.02 Å². The van der Waals surface area contributed by atoms with Crippen LogP contribution in [0, 0.1) is 0 Å². The third-order valence-electron chi connectivity index (χ3n) is 2.82. The third kappa shape index (κ3) is 4.89. The van der Waals surface area contributed by atoms with Crippen molar-refractivity contribution in [3.63, 3.8) is 0 Å². The van der Waals surface area contributed by atoms with Gasteiger partial charge in [0.25, 0.3) is 0 Å². The molecule has 0 fully saturated rings. The van der Waals surface area contributed by atoms with Crippen LogP contribution in [0.15, 0.2) is 30.5 Å². The molecular formula is C14H16ClN5O3. The highest BCUT2D eigenvalue weighted by Gasteiger charge is 2.09. The molecule has 0 aliphatic heterocycles. The molecule has 9 heteroatoms. The number of nitrogens with zero attached hydrogens (tertiary/aromatic N) is 2. The number of hydrogen-bond donors (Lipinski definition) is 3. The first-order valence-electron chi connectivity index (χ1n) is 6.67. The molecule has 0 saturated heterocycles. The molecule has 2 aromatic rings. The quantitative estimate of drug-likeness (QED) is 0.700. The maximum absolute atomic E-state index is 12.0. The molecule has 2 amide bonds. The lowest BCUT2D eigenvalue weighted by molar-refractivity contribution is -0.118. The lowest BCUT2D eigenvalue weighted by Crippen LogP contribution is -2.22. The minimum atomic E-state index is -0.495. The standard InChI is InChI=1S/C14H16ClN5O3/c1-23-11-3-2-9(15)6-10(11)18-14(22)7-17-13-4-5-20(19-13)8-12(16)21/h2-6H,7-8H2,1H3,(H2,16,21)(H,17,19)(H,18,22). The van der Waals surface area contributed by atoms with Gasteiger partial charge in [0.1, 0.15) is 18.1 Å². The molecule has 1 aromatic carbocycles. The van der Waals surface area contributed by atoms with Crippen LogP contribution in [0.1, 0.15) is 0 Å². The topological polar surface area (TPSA) is 111 Å². The molecular weight excluding hydrogens is 322 g/mol. The van der Waals surface area contributed by atoms with Gasteiger partial charge in [0.05, 0.1) is 19.3 Å². The number of halogens is 1. The van der Waals surface area contributed by atoms with Crippen LogP contribution in [0.3, 0.4) is 0 Å². The molecule has 0 spiro atoms. The number of methoxy groups -OCH3 is 1. The Bertz CT molecular complexity index is 716. The summed E-state index contributed by atoms with van der Waals surface area (Å²) in [5.74, 6) is 0.174. The van der Waals surface area contributed by atoms with E-state index >= 15 is 0 Å². The zero-order valence-electron chi connectivity index (χ0n) is 12.4. The van der Waals surface area contributed by atoms with Gasteiger partial charge < -0.3 is 21.1 Å². The average Bonchev–Trinajstić information content (AvgIpc) is 2.92. The lowest BCUT2D eigenvalue weighted by Gasteiger charge is -2.10. The Morgan fingerprint density at radius 2 is 2.17 bits per heavy atom. The normalized spacial score (nSPS) is 10.2. The molecule has 1 heterocycles. The largest absolute Gasteiger partial charge is 0.495 e. The van der Waals surface area contributed by atoms with Crippen LogP contribution in [0.25, 0.3) is 0 Å². The minimum absolute atomic E-state index is 0.0107. The monoisotopic (exact) mass is 337 g/mol. The Morgan fingerprint density at radius 1 is 1.39 bits per heavy atom. The molecule has 8 nitrogen and oxygen atoms in total. The van der Waals surface area contributed by atoms with Crippen molar-refractivity contribution in [2.24, 2.45) is 5.73 Å². The van der Waals surface area contributed by atoms with Crippen molar-refractivity contribution < 1.29 is 14.3 Å². The van der Waals surface area contributed by atoms with E-state index in [1.54, 1.807) is 30.5 Å². The van der Waals surface area contributed by atoms with E-state index in [0.717, 1.165) is 0 Å². The number of nitrogens with two attached hydrogens (primary N) is 1. The average molecular weight is 338 g/mol. The second-order valence-electron chi connectivity index (χ2n) is 4.61. The number of anilines is 2. The fourth-order valence-electron chi connectivity index (χ4n) is 1.85. The van der Waals surface area contributed by atoms with Crippen molar-refractivity contribution in [1.29, 1.82) is 0 Å². The first-order valence-corrected chi connectivity index (χ1v) is 7.04. The van der Waals surface area contributed by atoms with E-state index in [1.807, 2.05) is 0 Å². The van der Waals surface area contributed by atoms with Gasteiger partial charge in [-0.2, -0.15) is 5.10 Å². The maximum Gasteiger partial charge on any atom is 0.243 e. The van der Waals surface area contributed by atoms with Crippen molar-refractivity contribution in [1.82, 2.24) is 9.78 Å². The summed E-state index contributed by atoms with van der Waals surface area (Å²) in [6.07, 6.45) is 1.59. The molecule has 0 saturated carbocycles. The summed E-state index contributed by atoms with van der Waals surface area (Å²) in [5.41, 5.74) is 5.55. The van der Waals surface area contributed by atoms with Crippen molar-refractivity contribution in [2.75, 3.05) is 24.3 Å². The van der Waals surface area contributed by atoms with Gasteiger partial charge in [-0.25, -0.2) is 0 Å². The number of carbonyl (C=O) groups excluding carboxylic acids is 2. The second kappa shape index (κ2) is 7.50. The summed E-state index contributed by atoms with van der Waals surface area (Å²) in [6, 6.07) is 6.56. The molecule has 0 radical (unpaired) electrons. The van der Waals surface area contributed by atoms with Gasteiger partial charge in [-0.1, -0.05) is 11.6 Å². The van der Waals surface area contributed by atoms with E-state index in [2.05, 4.69) is 15.7 Å². The summed E-state index contributed by atoms with van der Waals surface area (Å²) in [5, 5.41) is 10.1. The van der Waals surface area contributed by atoms with Gasteiger partial charge in [0, 0.05) is 17.3 Å². The number of primary amides is 1. The van der Waals surface area contributed by atoms with Crippen LogP contribution >= 0.6 is 11.6 Å². The van der Waals surface area contributed by atoms with E-state index in [9.17, 15) is 9.59 Å². The highest BCUT2D eigenvalue weighted by Crippen LogP contribution is 2.27. The SMILES string of the molecule is COc1ccc(Cl)cc1NC(=O)CNc1ccn(CC(N)=O)n1. The number of amides is 2. The molecule has 0 bridgehead atoms. The Labute approximate surface area is 137 Å². The second-order valence-corrected chi connectivity index (χ2v) is 5.05. The third-order valence-corrected chi connectivity index (χ3v) is 3.06. The first-order chi connectivity index (χ1) is 11.0. The smallest absolute Gasteiger partial charge is 0.243 e. The number of hydrogen-bond acceptors (Lipinski definition) is 5. The highest BCUT2D eigenvalue weighted by atomic mass is 35.5. The van der Waals surface area contributed by atoms with E-state index in [0.29, 0.717) is 22.3 Å². The molecule has 0 aliphatic rings. The van der Waals surface area contributed by atoms with E-state index in [-0.39, 0.29) is 19.0 Å². The number of benzene rings is 1. The van der Waals surface area contributed by atoms with Gasteiger partial charge in [-0.15, -0.1) is 0 Å². The maximum atomic E-state index is 12.0. The molecule has 122 valence electrons. The zero-order chi connectivity index (χ0) is 16.8. The molecule has 0 aliphatic carbocycles. The van der Waals surface area contributed by atoms with Gasteiger partial charge in [0.2, 0.25) is 11.8 Å². The van der Waals surface area contributed by atoms with Crippen LogP contribution in [-0.2, 0) is 16.1 Å². The number of aromatic nitrogens is 2. The number of ether oxygens (including phenoxy) is 1. The first kappa shape index (κ1) is 16.6. The number of carbonyl (C=O) groups is 2. The molecule has 2 rings (SSSR count). The van der Waals surface area contributed by atoms with E-state index in [1.165, 1.54) is 11.8 Å². The zero-order valence-corrected chi connectivity index (χ0v) is 13.1. The summed E-state index contributed by atoms with van der Waals surface area (Å²) >= 11 is 5.90. The summed E-state index contributed by atoms with van der Waals surface area (Å²) in [6.45, 7) is -0.0309. The fourth-order valence-corrected chi connectivity index (χ4v) is 2.02. The van der Waals surface area contributed by atoms with E-state index in [4.69, 9.17) is 22.1 Å². The summed E-state index contributed by atoms with van der Waals surface area (Å²) < 4.78 is 6.53. The van der Waals surface area contributed by atoms with Crippen LogP contribution in [-0.4, -0.2) is 35.2 Å². The Hall–Kier alpha value is -2.74. The van der Waals surface area contributed by atoms with Crippen molar-refractivity contribution >= 4 is 34.9 Å². The predicted molar refractivity (Wildman–Crippen MR) is 86.5 cm³/mol. The summed E-state index contributed by atoms with van der Waals surface area (Å²) in [4.78, 5) is 22.8. The number of rotatable bonds is 7. The number of nitrogens with one attached hydrogen (secondary N) is 2. The lowest BCUT2D eigenvalue weighted by atomic mass is 10.3. The van der Waals surface area contributed by atoms with Gasteiger partial charge in [0.15, 0.2) is 0 Å². The molecule has 23 heavy (non-hydrogen) atoms. The van der Waals surface area contributed by atoms with Crippen molar-refractivity contribution in [3.8, 4) is 5.75 Å². The fraction of sp³-hybridized carbons (Fsp3) is 0.214. The minimum Gasteiger partial charge on any atom is -0.495 e. The van der Waals surface area contributed by atoms with Gasteiger partial charge >= 0.3 is 0 Å². The molecule has 1 aromatic heterocycles. The van der Waals surface area contributed by atoms with E-state index < -0.39 is 5.91 Å². The Morgan fingerprint density at radius 3 is 2.87 bits per heavy atom.